The zero-order valence-electron chi connectivity index (χ0n) is 14.6. The zero-order valence-corrected chi connectivity index (χ0v) is 16.2. The second-order valence-corrected chi connectivity index (χ2v) is 7.19. The van der Waals surface area contributed by atoms with Crippen LogP contribution < -0.4 is 14.8 Å². The van der Waals surface area contributed by atoms with Crippen molar-refractivity contribution in [1.29, 1.82) is 0 Å². The number of carbonyl (C=O) groups is 1. The van der Waals surface area contributed by atoms with Gasteiger partial charge in [0, 0.05) is 28.1 Å². The van der Waals surface area contributed by atoms with Gasteiger partial charge >= 0.3 is 6.61 Å². The van der Waals surface area contributed by atoms with E-state index in [-0.39, 0.29) is 17.1 Å². The summed E-state index contributed by atoms with van der Waals surface area (Å²) in [5.41, 5.74) is 1.26. The molecule has 3 aromatic rings. The minimum Gasteiger partial charge on any atom is -0.493 e. The molecular weight excluding hydrogens is 410 g/mol. The first-order chi connectivity index (χ1) is 13.4. The molecule has 5 nitrogen and oxygen atoms in total. The molecule has 1 aromatic heterocycles. The van der Waals surface area contributed by atoms with E-state index in [1.54, 1.807) is 12.3 Å². The van der Waals surface area contributed by atoms with Crippen LogP contribution in [0, 0.1) is 0 Å². The van der Waals surface area contributed by atoms with E-state index in [0.29, 0.717) is 16.6 Å². The van der Waals surface area contributed by atoms with Crippen molar-refractivity contribution in [3.8, 4) is 11.5 Å². The number of nitrogens with one attached hydrogen (secondary N) is 1. The lowest BCUT2D eigenvalue weighted by Gasteiger charge is -2.11. The standard InChI is InChI=1S/C19H15ClF2N2O3S/c1-26-16-9-12(5-6-15(16)27-18(21)22)17(25)24-19-23-10-14(28-19)8-11-3-2-4-13(20)7-11/h2-7,9-10,18H,8H2,1H3,(H,23,24,25). The third-order valence-corrected chi connectivity index (χ3v) is 4.83. The Morgan fingerprint density at radius 2 is 2.07 bits per heavy atom. The van der Waals surface area contributed by atoms with Crippen LogP contribution in [0.2, 0.25) is 5.02 Å². The van der Waals surface area contributed by atoms with Crippen LogP contribution in [0.25, 0.3) is 0 Å². The minimum atomic E-state index is -2.98. The summed E-state index contributed by atoms with van der Waals surface area (Å²) in [5.74, 6) is -0.550. The van der Waals surface area contributed by atoms with Gasteiger partial charge in [0.1, 0.15) is 0 Å². The maximum Gasteiger partial charge on any atom is 0.387 e. The number of methoxy groups -OCH3 is 1. The van der Waals surface area contributed by atoms with Crippen LogP contribution in [-0.2, 0) is 6.42 Å². The van der Waals surface area contributed by atoms with Crippen molar-refractivity contribution in [1.82, 2.24) is 4.98 Å². The van der Waals surface area contributed by atoms with Gasteiger partial charge in [-0.3, -0.25) is 10.1 Å². The van der Waals surface area contributed by atoms with E-state index in [0.717, 1.165) is 10.4 Å². The molecule has 1 heterocycles. The fraction of sp³-hybridized carbons (Fsp3) is 0.158. The Morgan fingerprint density at radius 1 is 1.25 bits per heavy atom. The molecule has 0 saturated carbocycles. The number of aromatic nitrogens is 1. The summed E-state index contributed by atoms with van der Waals surface area (Å²) in [6.07, 6.45) is 2.32. The highest BCUT2D eigenvalue weighted by Gasteiger charge is 2.15. The molecule has 0 radical (unpaired) electrons. The fourth-order valence-electron chi connectivity index (χ4n) is 2.47. The number of amides is 1. The minimum absolute atomic E-state index is 0.0359. The number of anilines is 1. The number of carbonyl (C=O) groups excluding carboxylic acids is 1. The highest BCUT2D eigenvalue weighted by atomic mass is 35.5. The van der Waals surface area contributed by atoms with Gasteiger partial charge in [-0.2, -0.15) is 8.78 Å². The first-order valence-electron chi connectivity index (χ1n) is 8.08. The lowest BCUT2D eigenvalue weighted by atomic mass is 10.1. The van der Waals surface area contributed by atoms with Crippen LogP contribution in [0.4, 0.5) is 13.9 Å². The number of benzene rings is 2. The van der Waals surface area contributed by atoms with Gasteiger partial charge in [-0.05, 0) is 35.9 Å². The highest BCUT2D eigenvalue weighted by molar-refractivity contribution is 7.15. The molecule has 0 aliphatic heterocycles. The lowest BCUT2D eigenvalue weighted by Crippen LogP contribution is -2.12. The number of nitrogens with zero attached hydrogens (tertiary/aromatic N) is 1. The smallest absolute Gasteiger partial charge is 0.387 e. The van der Waals surface area contributed by atoms with Crippen molar-refractivity contribution in [2.24, 2.45) is 0 Å². The van der Waals surface area contributed by atoms with Crippen molar-refractivity contribution in [3.05, 3.63) is 69.7 Å². The SMILES string of the molecule is COc1cc(C(=O)Nc2ncc(Cc3cccc(Cl)c3)s2)ccc1OC(F)F. The molecule has 0 fully saturated rings. The molecule has 0 aliphatic carbocycles. The fourth-order valence-corrected chi connectivity index (χ4v) is 3.52. The number of hydrogen-bond donors (Lipinski definition) is 1. The predicted octanol–water partition coefficient (Wildman–Crippen LogP) is 5.25. The maximum absolute atomic E-state index is 12.4. The van der Waals surface area contributed by atoms with Gasteiger partial charge in [-0.1, -0.05) is 23.7 Å². The first kappa shape index (κ1) is 20.0. The Morgan fingerprint density at radius 3 is 2.79 bits per heavy atom. The molecular formula is C19H15ClF2N2O3S. The number of rotatable bonds is 7. The number of halogens is 3. The Labute approximate surface area is 168 Å². The number of thiazole rings is 1. The van der Waals surface area contributed by atoms with Crippen LogP contribution in [-0.4, -0.2) is 24.6 Å². The summed E-state index contributed by atoms with van der Waals surface area (Å²) >= 11 is 7.32. The van der Waals surface area contributed by atoms with Gasteiger partial charge in [-0.15, -0.1) is 11.3 Å². The summed E-state index contributed by atoms with van der Waals surface area (Å²) in [5, 5.41) is 3.77. The average molecular weight is 425 g/mol. The van der Waals surface area contributed by atoms with Crippen molar-refractivity contribution < 1.29 is 23.0 Å². The lowest BCUT2D eigenvalue weighted by molar-refractivity contribution is -0.0512. The molecule has 0 saturated heterocycles. The molecule has 1 N–H and O–H groups in total. The van der Waals surface area contributed by atoms with Gasteiger partial charge in [0.15, 0.2) is 16.6 Å². The van der Waals surface area contributed by atoms with Crippen LogP contribution in [0.3, 0.4) is 0 Å². The molecule has 146 valence electrons. The van der Waals surface area contributed by atoms with E-state index in [9.17, 15) is 13.6 Å². The average Bonchev–Trinajstić information content (AvgIpc) is 3.08. The molecule has 1 amide bonds. The summed E-state index contributed by atoms with van der Waals surface area (Å²) < 4.78 is 34.1. The normalized spacial score (nSPS) is 10.8. The summed E-state index contributed by atoms with van der Waals surface area (Å²) in [6, 6.07) is 11.5. The number of alkyl halides is 2. The Kier molecular flexibility index (Phi) is 6.43. The van der Waals surface area contributed by atoms with Crippen LogP contribution in [0.15, 0.2) is 48.7 Å². The third kappa shape index (κ3) is 5.17. The summed E-state index contributed by atoms with van der Waals surface area (Å²) in [6.45, 7) is -2.98. The second-order valence-electron chi connectivity index (χ2n) is 5.64. The van der Waals surface area contributed by atoms with Crippen molar-refractivity contribution in [2.45, 2.75) is 13.0 Å². The van der Waals surface area contributed by atoms with E-state index >= 15 is 0 Å². The van der Waals surface area contributed by atoms with E-state index in [1.807, 2.05) is 18.2 Å². The van der Waals surface area contributed by atoms with Crippen LogP contribution in [0.1, 0.15) is 20.8 Å². The van der Waals surface area contributed by atoms with Crippen LogP contribution in [0.5, 0.6) is 11.5 Å². The maximum atomic E-state index is 12.4. The van der Waals surface area contributed by atoms with Crippen molar-refractivity contribution in [3.63, 3.8) is 0 Å². The Bertz CT molecular complexity index is 981. The van der Waals surface area contributed by atoms with Crippen LogP contribution >= 0.6 is 22.9 Å². The largest absolute Gasteiger partial charge is 0.493 e. The Hall–Kier alpha value is -2.71. The number of ether oxygens (including phenoxy) is 2. The van der Waals surface area contributed by atoms with Crippen molar-refractivity contribution in [2.75, 3.05) is 12.4 Å². The topological polar surface area (TPSA) is 60.5 Å². The highest BCUT2D eigenvalue weighted by Crippen LogP contribution is 2.30. The van der Waals surface area contributed by atoms with Gasteiger partial charge in [-0.25, -0.2) is 4.98 Å². The van der Waals surface area contributed by atoms with Gasteiger partial charge in [0.2, 0.25) is 0 Å². The molecule has 0 spiro atoms. The monoisotopic (exact) mass is 424 g/mol. The molecule has 0 aliphatic rings. The van der Waals surface area contributed by atoms with Crippen molar-refractivity contribution >= 4 is 34.0 Å². The molecule has 0 unspecified atom stereocenters. The predicted molar refractivity (Wildman–Crippen MR) is 104 cm³/mol. The van der Waals surface area contributed by atoms with E-state index in [2.05, 4.69) is 15.0 Å². The molecule has 0 bridgehead atoms. The second kappa shape index (κ2) is 8.99. The summed E-state index contributed by atoms with van der Waals surface area (Å²) in [4.78, 5) is 17.6. The number of hydrogen-bond acceptors (Lipinski definition) is 5. The molecule has 28 heavy (non-hydrogen) atoms. The van der Waals surface area contributed by atoms with E-state index < -0.39 is 12.5 Å². The zero-order chi connectivity index (χ0) is 20.1. The van der Waals surface area contributed by atoms with Gasteiger partial charge in [0.05, 0.1) is 7.11 Å². The molecule has 2 aromatic carbocycles. The Balaban J connectivity index is 1.69. The summed E-state index contributed by atoms with van der Waals surface area (Å²) in [7, 11) is 1.30. The van der Waals surface area contributed by atoms with E-state index in [4.69, 9.17) is 16.3 Å². The molecule has 3 rings (SSSR count). The quantitative estimate of drug-likeness (QED) is 0.562. The first-order valence-corrected chi connectivity index (χ1v) is 9.27. The molecule has 9 heteroatoms. The van der Waals surface area contributed by atoms with Gasteiger partial charge in [0.25, 0.3) is 5.91 Å². The van der Waals surface area contributed by atoms with Gasteiger partial charge < -0.3 is 9.47 Å². The molecule has 0 atom stereocenters. The third-order valence-electron chi connectivity index (χ3n) is 3.68. The van der Waals surface area contributed by atoms with E-state index in [1.165, 1.54) is 36.6 Å².